The minimum absolute atomic E-state index is 0.217. The van der Waals surface area contributed by atoms with Crippen LogP contribution in [0.4, 0.5) is 10.2 Å². The standard InChI is InChI=1S/C13H15FN2S/c1-2-5-10(11-6-4-9-17-11)15-13-8-3-7-12(14)16-13/h3-4,6-10H,2,5H2,1H3,(H,15,16). The summed E-state index contributed by atoms with van der Waals surface area (Å²) >= 11 is 1.71. The maximum absolute atomic E-state index is 13.0. The van der Waals surface area contributed by atoms with Crippen LogP contribution in [-0.2, 0) is 0 Å². The molecule has 1 N–H and O–H groups in total. The van der Waals surface area contributed by atoms with Crippen LogP contribution in [-0.4, -0.2) is 4.98 Å². The molecule has 0 aliphatic heterocycles. The summed E-state index contributed by atoms with van der Waals surface area (Å²) in [7, 11) is 0. The second-order valence-corrected chi connectivity index (χ2v) is 4.83. The third-order valence-electron chi connectivity index (χ3n) is 2.50. The van der Waals surface area contributed by atoms with Crippen molar-refractivity contribution in [2.45, 2.75) is 25.8 Å². The Bertz CT molecular complexity index is 456. The van der Waals surface area contributed by atoms with Gasteiger partial charge in [0, 0.05) is 4.88 Å². The number of anilines is 1. The molecule has 17 heavy (non-hydrogen) atoms. The van der Waals surface area contributed by atoms with Crippen LogP contribution >= 0.6 is 11.3 Å². The summed E-state index contributed by atoms with van der Waals surface area (Å²) in [5.74, 6) is 0.147. The lowest BCUT2D eigenvalue weighted by Crippen LogP contribution is -2.10. The van der Waals surface area contributed by atoms with Gasteiger partial charge >= 0.3 is 0 Å². The second-order valence-electron chi connectivity index (χ2n) is 3.85. The van der Waals surface area contributed by atoms with Gasteiger partial charge in [-0.1, -0.05) is 25.5 Å². The van der Waals surface area contributed by atoms with Gasteiger partial charge in [-0.3, -0.25) is 0 Å². The molecule has 0 spiro atoms. The average Bonchev–Trinajstić information content (AvgIpc) is 2.82. The Morgan fingerprint density at radius 2 is 2.24 bits per heavy atom. The van der Waals surface area contributed by atoms with Gasteiger partial charge < -0.3 is 5.32 Å². The molecule has 0 amide bonds. The van der Waals surface area contributed by atoms with Crippen LogP contribution in [0.15, 0.2) is 35.7 Å². The Balaban J connectivity index is 2.13. The minimum Gasteiger partial charge on any atom is -0.362 e. The topological polar surface area (TPSA) is 24.9 Å². The average molecular weight is 250 g/mol. The van der Waals surface area contributed by atoms with Crippen LogP contribution in [0.2, 0.25) is 0 Å². The number of pyridine rings is 1. The van der Waals surface area contributed by atoms with Gasteiger partial charge in [-0.05, 0) is 30.0 Å². The van der Waals surface area contributed by atoms with Gasteiger partial charge in [-0.2, -0.15) is 4.39 Å². The zero-order chi connectivity index (χ0) is 12.1. The van der Waals surface area contributed by atoms with Crippen molar-refractivity contribution in [3.8, 4) is 0 Å². The molecule has 4 heteroatoms. The van der Waals surface area contributed by atoms with E-state index in [1.165, 1.54) is 10.9 Å². The highest BCUT2D eigenvalue weighted by atomic mass is 32.1. The Morgan fingerprint density at radius 3 is 2.88 bits per heavy atom. The zero-order valence-corrected chi connectivity index (χ0v) is 10.5. The van der Waals surface area contributed by atoms with E-state index in [0.29, 0.717) is 5.82 Å². The summed E-state index contributed by atoms with van der Waals surface area (Å²) in [6.45, 7) is 2.14. The summed E-state index contributed by atoms with van der Waals surface area (Å²) in [5.41, 5.74) is 0. The number of halogens is 1. The van der Waals surface area contributed by atoms with Gasteiger partial charge in [0.05, 0.1) is 6.04 Å². The van der Waals surface area contributed by atoms with E-state index in [0.717, 1.165) is 12.8 Å². The van der Waals surface area contributed by atoms with Gasteiger partial charge in [0.1, 0.15) is 5.82 Å². The van der Waals surface area contributed by atoms with Gasteiger partial charge in [0.15, 0.2) is 0 Å². The Kier molecular flexibility index (Phi) is 4.09. The van der Waals surface area contributed by atoms with E-state index in [1.54, 1.807) is 23.5 Å². The van der Waals surface area contributed by atoms with E-state index in [9.17, 15) is 4.39 Å². The molecule has 2 rings (SSSR count). The molecule has 90 valence electrons. The van der Waals surface area contributed by atoms with Crippen molar-refractivity contribution in [2.75, 3.05) is 5.32 Å². The molecule has 0 fully saturated rings. The van der Waals surface area contributed by atoms with Crippen LogP contribution in [0.5, 0.6) is 0 Å². The number of hydrogen-bond donors (Lipinski definition) is 1. The molecular weight excluding hydrogens is 235 g/mol. The maximum Gasteiger partial charge on any atom is 0.214 e. The summed E-state index contributed by atoms with van der Waals surface area (Å²) in [6.07, 6.45) is 2.09. The number of hydrogen-bond acceptors (Lipinski definition) is 3. The normalized spacial score (nSPS) is 12.4. The fourth-order valence-electron chi connectivity index (χ4n) is 1.73. The van der Waals surface area contributed by atoms with Gasteiger partial charge in [-0.15, -0.1) is 11.3 Å². The minimum atomic E-state index is -0.448. The van der Waals surface area contributed by atoms with E-state index in [2.05, 4.69) is 28.7 Å². The SMILES string of the molecule is CCCC(Nc1cccc(F)n1)c1cccs1. The molecule has 0 bridgehead atoms. The fourth-order valence-corrected chi connectivity index (χ4v) is 2.54. The van der Waals surface area contributed by atoms with E-state index >= 15 is 0 Å². The summed E-state index contributed by atoms with van der Waals surface area (Å²) in [4.78, 5) is 5.09. The van der Waals surface area contributed by atoms with Crippen molar-refractivity contribution < 1.29 is 4.39 Å². The Morgan fingerprint density at radius 1 is 1.35 bits per heavy atom. The predicted octanol–water partition coefficient (Wildman–Crippen LogP) is 4.24. The first kappa shape index (κ1) is 12.0. The fraction of sp³-hybridized carbons (Fsp3) is 0.308. The molecule has 1 atom stereocenters. The van der Waals surface area contributed by atoms with Crippen molar-refractivity contribution in [3.63, 3.8) is 0 Å². The molecule has 0 aliphatic rings. The first-order valence-electron chi connectivity index (χ1n) is 5.72. The highest BCUT2D eigenvalue weighted by Crippen LogP contribution is 2.26. The van der Waals surface area contributed by atoms with Crippen LogP contribution in [0, 0.1) is 5.95 Å². The number of nitrogens with zero attached hydrogens (tertiary/aromatic N) is 1. The first-order valence-corrected chi connectivity index (χ1v) is 6.60. The number of nitrogens with one attached hydrogen (secondary N) is 1. The smallest absolute Gasteiger partial charge is 0.214 e. The van der Waals surface area contributed by atoms with E-state index in [4.69, 9.17) is 0 Å². The molecule has 2 aromatic rings. The molecular formula is C13H15FN2S. The van der Waals surface area contributed by atoms with Crippen molar-refractivity contribution >= 4 is 17.2 Å². The van der Waals surface area contributed by atoms with Gasteiger partial charge in [-0.25, -0.2) is 4.98 Å². The highest BCUT2D eigenvalue weighted by molar-refractivity contribution is 7.10. The van der Waals surface area contributed by atoms with Crippen LogP contribution in [0.25, 0.3) is 0 Å². The molecule has 2 nitrogen and oxygen atoms in total. The predicted molar refractivity (Wildman–Crippen MR) is 69.8 cm³/mol. The summed E-state index contributed by atoms with van der Waals surface area (Å²) in [5, 5.41) is 5.34. The molecule has 1 unspecified atom stereocenters. The lowest BCUT2D eigenvalue weighted by molar-refractivity contribution is 0.582. The van der Waals surface area contributed by atoms with Crippen molar-refractivity contribution in [1.29, 1.82) is 0 Å². The second kappa shape index (κ2) is 5.77. The lowest BCUT2D eigenvalue weighted by Gasteiger charge is -2.17. The van der Waals surface area contributed by atoms with Crippen molar-refractivity contribution in [3.05, 3.63) is 46.5 Å². The molecule has 2 heterocycles. The first-order chi connectivity index (χ1) is 8.29. The molecule has 0 aromatic carbocycles. The van der Waals surface area contributed by atoms with Crippen LogP contribution < -0.4 is 5.32 Å². The Labute approximate surface area is 105 Å². The van der Waals surface area contributed by atoms with Crippen molar-refractivity contribution in [2.24, 2.45) is 0 Å². The maximum atomic E-state index is 13.0. The quantitative estimate of drug-likeness (QED) is 0.803. The number of rotatable bonds is 5. The summed E-state index contributed by atoms with van der Waals surface area (Å²) in [6, 6.07) is 9.15. The third-order valence-corrected chi connectivity index (χ3v) is 3.49. The Hall–Kier alpha value is -1.42. The van der Waals surface area contributed by atoms with Crippen LogP contribution in [0.1, 0.15) is 30.7 Å². The van der Waals surface area contributed by atoms with Gasteiger partial charge in [0.25, 0.3) is 0 Å². The molecule has 0 radical (unpaired) electrons. The lowest BCUT2D eigenvalue weighted by atomic mass is 10.1. The van der Waals surface area contributed by atoms with Gasteiger partial charge in [0.2, 0.25) is 5.95 Å². The number of aromatic nitrogens is 1. The van der Waals surface area contributed by atoms with Crippen LogP contribution in [0.3, 0.4) is 0 Å². The van der Waals surface area contributed by atoms with Crippen molar-refractivity contribution in [1.82, 2.24) is 4.98 Å². The molecule has 0 saturated carbocycles. The number of thiophene rings is 1. The molecule has 0 saturated heterocycles. The molecule has 0 aliphatic carbocycles. The third kappa shape index (κ3) is 3.27. The zero-order valence-electron chi connectivity index (χ0n) is 9.69. The molecule has 2 aromatic heterocycles. The van der Waals surface area contributed by atoms with E-state index in [-0.39, 0.29) is 6.04 Å². The van der Waals surface area contributed by atoms with E-state index < -0.39 is 5.95 Å². The summed E-state index contributed by atoms with van der Waals surface area (Å²) < 4.78 is 13.0. The largest absolute Gasteiger partial charge is 0.362 e. The monoisotopic (exact) mass is 250 g/mol. The highest BCUT2D eigenvalue weighted by Gasteiger charge is 2.12. The van der Waals surface area contributed by atoms with E-state index in [1.807, 2.05) is 6.07 Å².